The SMILES string of the molecule is CN1CCN(NC(=O)c2cccnc2N2CCOCC2)CC1. The average molecular weight is 305 g/mol. The van der Waals surface area contributed by atoms with Crippen LogP contribution in [-0.4, -0.2) is 80.3 Å². The first-order valence-electron chi connectivity index (χ1n) is 7.76. The van der Waals surface area contributed by atoms with Crippen molar-refractivity contribution < 1.29 is 9.53 Å². The number of hydrogen-bond acceptors (Lipinski definition) is 6. The second-order valence-electron chi connectivity index (χ2n) is 5.71. The van der Waals surface area contributed by atoms with Crippen LogP contribution in [0, 0.1) is 0 Å². The lowest BCUT2D eigenvalue weighted by atomic mass is 10.2. The second kappa shape index (κ2) is 7.04. The molecule has 2 fully saturated rings. The number of likely N-dealkylation sites (N-methyl/N-ethyl adjacent to an activating group) is 1. The number of amides is 1. The second-order valence-corrected chi connectivity index (χ2v) is 5.71. The molecule has 0 unspecified atom stereocenters. The van der Waals surface area contributed by atoms with E-state index in [9.17, 15) is 4.79 Å². The first-order valence-corrected chi connectivity index (χ1v) is 7.76. The number of aromatic nitrogens is 1. The monoisotopic (exact) mass is 305 g/mol. The lowest BCUT2D eigenvalue weighted by Gasteiger charge is -2.33. The summed E-state index contributed by atoms with van der Waals surface area (Å²) in [4.78, 5) is 21.4. The summed E-state index contributed by atoms with van der Waals surface area (Å²) in [6, 6.07) is 3.64. The summed E-state index contributed by atoms with van der Waals surface area (Å²) in [7, 11) is 2.09. The van der Waals surface area contributed by atoms with Crippen molar-refractivity contribution in [1.29, 1.82) is 0 Å². The van der Waals surface area contributed by atoms with Gasteiger partial charge in [-0.1, -0.05) is 0 Å². The number of ether oxygens (including phenoxy) is 1. The first kappa shape index (κ1) is 15.2. The highest BCUT2D eigenvalue weighted by Crippen LogP contribution is 2.18. The number of carbonyl (C=O) groups is 1. The first-order chi connectivity index (χ1) is 10.7. The summed E-state index contributed by atoms with van der Waals surface area (Å²) in [6.45, 7) is 6.50. The number of morpholine rings is 1. The van der Waals surface area contributed by atoms with Crippen LogP contribution in [0.3, 0.4) is 0 Å². The normalized spacial score (nSPS) is 20.9. The average Bonchev–Trinajstić information content (AvgIpc) is 2.58. The third-order valence-corrected chi connectivity index (χ3v) is 4.10. The molecule has 2 aliphatic rings. The molecule has 1 amide bonds. The Bertz CT molecular complexity index is 510. The molecule has 0 aromatic carbocycles. The molecule has 0 aliphatic carbocycles. The fraction of sp³-hybridized carbons (Fsp3) is 0.600. The molecule has 7 heteroatoms. The number of pyridine rings is 1. The van der Waals surface area contributed by atoms with Crippen LogP contribution in [0.2, 0.25) is 0 Å². The Labute approximate surface area is 130 Å². The number of hydrogen-bond donors (Lipinski definition) is 1. The molecule has 120 valence electrons. The summed E-state index contributed by atoms with van der Waals surface area (Å²) in [6.07, 6.45) is 1.73. The van der Waals surface area contributed by atoms with Crippen molar-refractivity contribution in [3.63, 3.8) is 0 Å². The molecule has 7 nitrogen and oxygen atoms in total. The molecule has 22 heavy (non-hydrogen) atoms. The highest BCUT2D eigenvalue weighted by Gasteiger charge is 2.22. The van der Waals surface area contributed by atoms with Crippen molar-refractivity contribution in [2.75, 3.05) is 64.4 Å². The fourth-order valence-electron chi connectivity index (χ4n) is 2.72. The van der Waals surface area contributed by atoms with E-state index in [2.05, 4.69) is 27.3 Å². The maximum Gasteiger partial charge on any atom is 0.269 e. The van der Waals surface area contributed by atoms with Gasteiger partial charge in [0.05, 0.1) is 18.8 Å². The lowest BCUT2D eigenvalue weighted by molar-refractivity contribution is 0.0662. The Kier molecular flexibility index (Phi) is 4.87. The van der Waals surface area contributed by atoms with E-state index in [1.54, 1.807) is 6.20 Å². The largest absolute Gasteiger partial charge is 0.378 e. The van der Waals surface area contributed by atoms with Gasteiger partial charge in [-0.15, -0.1) is 0 Å². The Balaban J connectivity index is 1.69. The highest BCUT2D eigenvalue weighted by molar-refractivity contribution is 5.98. The van der Waals surface area contributed by atoms with Gasteiger partial charge >= 0.3 is 0 Å². The standard InChI is InChI=1S/C15H23N5O2/c1-18-5-7-20(8-6-18)17-15(21)13-3-2-4-16-14(13)19-9-11-22-12-10-19/h2-4H,5-12H2,1H3,(H,17,21). The molecule has 3 heterocycles. The Hall–Kier alpha value is -1.70. The van der Waals surface area contributed by atoms with Crippen LogP contribution in [0.25, 0.3) is 0 Å². The van der Waals surface area contributed by atoms with Gasteiger partial charge in [0.25, 0.3) is 5.91 Å². The number of rotatable bonds is 3. The molecule has 2 saturated heterocycles. The lowest BCUT2D eigenvalue weighted by Crippen LogP contribution is -2.52. The maximum absolute atomic E-state index is 12.6. The van der Waals surface area contributed by atoms with Gasteiger partial charge in [-0.2, -0.15) is 0 Å². The molecule has 3 rings (SSSR count). The van der Waals surface area contributed by atoms with Gasteiger partial charge < -0.3 is 14.5 Å². The smallest absolute Gasteiger partial charge is 0.269 e. The van der Waals surface area contributed by atoms with Crippen molar-refractivity contribution in [3.05, 3.63) is 23.9 Å². The third kappa shape index (κ3) is 3.55. The summed E-state index contributed by atoms with van der Waals surface area (Å²) < 4.78 is 5.37. The van der Waals surface area contributed by atoms with Gasteiger partial charge in [-0.05, 0) is 19.2 Å². The summed E-state index contributed by atoms with van der Waals surface area (Å²) >= 11 is 0. The van der Waals surface area contributed by atoms with E-state index >= 15 is 0 Å². The molecule has 1 aromatic heterocycles. The fourth-order valence-corrected chi connectivity index (χ4v) is 2.72. The number of hydrazine groups is 1. The quantitative estimate of drug-likeness (QED) is 0.835. The third-order valence-electron chi connectivity index (χ3n) is 4.10. The van der Waals surface area contributed by atoms with E-state index in [0.717, 1.165) is 45.1 Å². The van der Waals surface area contributed by atoms with Crippen molar-refractivity contribution >= 4 is 11.7 Å². The zero-order valence-corrected chi connectivity index (χ0v) is 13.0. The van der Waals surface area contributed by atoms with E-state index in [4.69, 9.17) is 4.74 Å². The van der Waals surface area contributed by atoms with Crippen molar-refractivity contribution in [2.24, 2.45) is 0 Å². The predicted octanol–water partition coefficient (Wildman–Crippen LogP) is -0.190. The van der Waals surface area contributed by atoms with Crippen LogP contribution in [0.4, 0.5) is 5.82 Å². The van der Waals surface area contributed by atoms with Crippen LogP contribution in [0.15, 0.2) is 18.3 Å². The van der Waals surface area contributed by atoms with Crippen LogP contribution >= 0.6 is 0 Å². The molecule has 0 spiro atoms. The number of piperazine rings is 1. The Morgan fingerprint density at radius 1 is 1.18 bits per heavy atom. The van der Waals surface area contributed by atoms with Gasteiger partial charge in [-0.25, -0.2) is 9.99 Å². The topological polar surface area (TPSA) is 60.9 Å². The van der Waals surface area contributed by atoms with E-state index in [1.165, 1.54) is 0 Å². The Morgan fingerprint density at radius 3 is 2.64 bits per heavy atom. The highest BCUT2D eigenvalue weighted by atomic mass is 16.5. The van der Waals surface area contributed by atoms with Crippen LogP contribution in [0.1, 0.15) is 10.4 Å². The minimum absolute atomic E-state index is 0.0841. The summed E-state index contributed by atoms with van der Waals surface area (Å²) in [5, 5.41) is 1.98. The van der Waals surface area contributed by atoms with Gasteiger partial charge in [-0.3, -0.25) is 10.2 Å². The zero-order chi connectivity index (χ0) is 15.4. The number of carbonyl (C=O) groups excluding carboxylic acids is 1. The summed E-state index contributed by atoms with van der Waals surface area (Å²) in [5.41, 5.74) is 3.63. The minimum Gasteiger partial charge on any atom is -0.378 e. The molecule has 1 aromatic rings. The van der Waals surface area contributed by atoms with Crippen molar-refractivity contribution in [3.8, 4) is 0 Å². The van der Waals surface area contributed by atoms with Gasteiger partial charge in [0.1, 0.15) is 5.82 Å². The molecule has 2 aliphatic heterocycles. The predicted molar refractivity (Wildman–Crippen MR) is 83.8 cm³/mol. The van der Waals surface area contributed by atoms with Crippen molar-refractivity contribution in [2.45, 2.75) is 0 Å². The molecule has 0 bridgehead atoms. The number of nitrogens with one attached hydrogen (secondary N) is 1. The maximum atomic E-state index is 12.6. The molecule has 0 atom stereocenters. The number of anilines is 1. The van der Waals surface area contributed by atoms with Crippen LogP contribution in [0.5, 0.6) is 0 Å². The molecule has 0 saturated carbocycles. The Morgan fingerprint density at radius 2 is 1.91 bits per heavy atom. The van der Waals surface area contributed by atoms with Crippen molar-refractivity contribution in [1.82, 2.24) is 20.3 Å². The van der Waals surface area contributed by atoms with E-state index < -0.39 is 0 Å². The van der Waals surface area contributed by atoms with Crippen LogP contribution in [-0.2, 0) is 4.74 Å². The van der Waals surface area contributed by atoms with E-state index in [-0.39, 0.29) is 5.91 Å². The molecule has 0 radical (unpaired) electrons. The van der Waals surface area contributed by atoms with Gasteiger partial charge in [0.2, 0.25) is 0 Å². The molecular weight excluding hydrogens is 282 g/mol. The molecule has 1 N–H and O–H groups in total. The van der Waals surface area contributed by atoms with Gasteiger partial charge in [0.15, 0.2) is 0 Å². The molecular formula is C15H23N5O2. The minimum atomic E-state index is -0.0841. The van der Waals surface area contributed by atoms with Crippen LogP contribution < -0.4 is 10.3 Å². The zero-order valence-electron chi connectivity index (χ0n) is 13.0. The number of nitrogens with zero attached hydrogens (tertiary/aromatic N) is 4. The summed E-state index contributed by atoms with van der Waals surface area (Å²) in [5.74, 6) is 0.663. The van der Waals surface area contributed by atoms with Gasteiger partial charge in [0, 0.05) is 45.5 Å². The van der Waals surface area contributed by atoms with E-state index in [1.807, 2.05) is 17.1 Å². The van der Waals surface area contributed by atoms with E-state index in [0.29, 0.717) is 18.8 Å².